The van der Waals surface area contributed by atoms with Gasteiger partial charge in [-0.2, -0.15) is 5.10 Å². The van der Waals surface area contributed by atoms with Crippen LogP contribution in [-0.4, -0.2) is 15.7 Å². The summed E-state index contributed by atoms with van der Waals surface area (Å²) in [6.07, 6.45) is 0. The van der Waals surface area contributed by atoms with Gasteiger partial charge in [0.1, 0.15) is 18.2 Å². The van der Waals surface area contributed by atoms with E-state index in [4.69, 9.17) is 16.3 Å². The SMILES string of the molecule is Cc1cc(NC(=O)c2cccc(COc3ccc(F)cc3F)c2)nn1Cc1c(F)cccc1Cl. The zero-order chi connectivity index (χ0) is 24.2. The molecule has 0 atom stereocenters. The topological polar surface area (TPSA) is 56.1 Å². The molecule has 4 aromatic rings. The molecule has 0 aliphatic rings. The Morgan fingerprint density at radius 3 is 2.59 bits per heavy atom. The minimum Gasteiger partial charge on any atom is -0.486 e. The number of carbonyl (C=O) groups excluding carboxylic acids is 1. The first-order valence-electron chi connectivity index (χ1n) is 10.3. The fraction of sp³-hybridized carbons (Fsp3) is 0.120. The number of hydrogen-bond donors (Lipinski definition) is 1. The number of benzene rings is 3. The number of halogens is 4. The van der Waals surface area contributed by atoms with Crippen molar-refractivity contribution in [1.82, 2.24) is 9.78 Å². The number of ether oxygens (including phenoxy) is 1. The van der Waals surface area contributed by atoms with Crippen LogP contribution < -0.4 is 10.1 Å². The van der Waals surface area contributed by atoms with Crippen LogP contribution in [0, 0.1) is 24.4 Å². The zero-order valence-electron chi connectivity index (χ0n) is 18.0. The van der Waals surface area contributed by atoms with Gasteiger partial charge >= 0.3 is 0 Å². The number of nitrogens with zero attached hydrogens (tertiary/aromatic N) is 2. The van der Waals surface area contributed by atoms with Gasteiger partial charge in [-0.15, -0.1) is 0 Å². The number of amides is 1. The Balaban J connectivity index is 1.43. The van der Waals surface area contributed by atoms with Crippen molar-refractivity contribution in [2.45, 2.75) is 20.1 Å². The Bertz CT molecular complexity index is 1340. The van der Waals surface area contributed by atoms with Gasteiger partial charge in [-0.1, -0.05) is 29.8 Å². The molecule has 9 heteroatoms. The van der Waals surface area contributed by atoms with E-state index < -0.39 is 23.4 Å². The summed E-state index contributed by atoms with van der Waals surface area (Å²) in [6.45, 7) is 1.88. The highest BCUT2D eigenvalue weighted by Crippen LogP contribution is 2.22. The second-order valence-electron chi connectivity index (χ2n) is 7.55. The fourth-order valence-corrected chi connectivity index (χ4v) is 3.53. The van der Waals surface area contributed by atoms with Crippen LogP contribution in [0.4, 0.5) is 19.0 Å². The van der Waals surface area contributed by atoms with Crippen LogP contribution in [-0.2, 0) is 13.2 Å². The van der Waals surface area contributed by atoms with Gasteiger partial charge in [0, 0.05) is 34.0 Å². The highest BCUT2D eigenvalue weighted by atomic mass is 35.5. The van der Waals surface area contributed by atoms with Crippen molar-refractivity contribution in [2.24, 2.45) is 0 Å². The Hall–Kier alpha value is -3.78. The predicted octanol–water partition coefficient (Wildman–Crippen LogP) is 6.14. The molecule has 174 valence electrons. The number of aryl methyl sites for hydroxylation is 1. The summed E-state index contributed by atoms with van der Waals surface area (Å²) >= 11 is 6.10. The molecule has 1 heterocycles. The summed E-state index contributed by atoms with van der Waals surface area (Å²) < 4.78 is 47.8. The standard InChI is InChI=1S/C25H19ClF3N3O2/c1-15-10-24(31-32(15)13-19-20(26)6-3-7-21(19)28)30-25(33)17-5-2-4-16(11-17)14-34-23-9-8-18(27)12-22(23)29/h2-12H,13-14H2,1H3,(H,30,31,33). The third-order valence-corrected chi connectivity index (χ3v) is 5.42. The predicted molar refractivity (Wildman–Crippen MR) is 123 cm³/mol. The number of aromatic nitrogens is 2. The summed E-state index contributed by atoms with van der Waals surface area (Å²) in [7, 11) is 0. The lowest BCUT2D eigenvalue weighted by Crippen LogP contribution is -2.13. The van der Waals surface area contributed by atoms with E-state index in [0.717, 1.165) is 12.1 Å². The summed E-state index contributed by atoms with van der Waals surface area (Å²) in [6, 6.07) is 15.7. The first-order chi connectivity index (χ1) is 16.3. The van der Waals surface area contributed by atoms with E-state index in [1.54, 1.807) is 48.0 Å². The molecule has 0 saturated heterocycles. The lowest BCUT2D eigenvalue weighted by Gasteiger charge is -2.09. The maximum Gasteiger partial charge on any atom is 0.256 e. The molecule has 34 heavy (non-hydrogen) atoms. The van der Waals surface area contributed by atoms with Gasteiger partial charge in [0.2, 0.25) is 0 Å². The van der Waals surface area contributed by atoms with Crippen LogP contribution in [0.1, 0.15) is 27.2 Å². The number of nitrogens with one attached hydrogen (secondary N) is 1. The molecule has 0 bridgehead atoms. The molecule has 0 aliphatic heterocycles. The molecule has 1 N–H and O–H groups in total. The van der Waals surface area contributed by atoms with Crippen molar-refractivity contribution in [2.75, 3.05) is 5.32 Å². The fourth-order valence-electron chi connectivity index (χ4n) is 3.31. The molecule has 0 aliphatic carbocycles. The molecule has 0 unspecified atom stereocenters. The number of hydrogen-bond acceptors (Lipinski definition) is 3. The van der Waals surface area contributed by atoms with Gasteiger partial charge in [0.25, 0.3) is 5.91 Å². The third-order valence-electron chi connectivity index (χ3n) is 5.07. The van der Waals surface area contributed by atoms with E-state index in [0.29, 0.717) is 33.2 Å². The van der Waals surface area contributed by atoms with E-state index in [1.807, 2.05) is 0 Å². The number of carbonyl (C=O) groups is 1. The normalized spacial score (nSPS) is 10.9. The zero-order valence-corrected chi connectivity index (χ0v) is 18.7. The van der Waals surface area contributed by atoms with Crippen LogP contribution in [0.3, 0.4) is 0 Å². The summed E-state index contributed by atoms with van der Waals surface area (Å²) in [4.78, 5) is 12.7. The average Bonchev–Trinajstić information content (AvgIpc) is 3.14. The van der Waals surface area contributed by atoms with Gasteiger partial charge in [-0.25, -0.2) is 13.2 Å². The molecule has 4 rings (SSSR count). The maximum atomic E-state index is 14.1. The van der Waals surface area contributed by atoms with Gasteiger partial charge in [0.15, 0.2) is 17.4 Å². The second kappa shape index (κ2) is 10.0. The van der Waals surface area contributed by atoms with Crippen molar-refractivity contribution >= 4 is 23.3 Å². The second-order valence-corrected chi connectivity index (χ2v) is 7.95. The van der Waals surface area contributed by atoms with Gasteiger partial charge in [0.05, 0.1) is 6.54 Å². The average molecular weight is 486 g/mol. The molecule has 0 spiro atoms. The van der Waals surface area contributed by atoms with Crippen LogP contribution in [0.5, 0.6) is 5.75 Å². The molecular formula is C25H19ClF3N3O2. The quantitative estimate of drug-likeness (QED) is 0.342. The van der Waals surface area contributed by atoms with E-state index >= 15 is 0 Å². The van der Waals surface area contributed by atoms with Gasteiger partial charge in [-0.05, 0) is 48.9 Å². The van der Waals surface area contributed by atoms with Crippen LogP contribution in [0.25, 0.3) is 0 Å². The highest BCUT2D eigenvalue weighted by Gasteiger charge is 2.14. The number of rotatable bonds is 7. The Morgan fingerprint density at radius 2 is 1.82 bits per heavy atom. The van der Waals surface area contributed by atoms with Crippen molar-refractivity contribution in [3.05, 3.63) is 112 Å². The van der Waals surface area contributed by atoms with Crippen LogP contribution in [0.2, 0.25) is 5.02 Å². The minimum absolute atomic E-state index is 0.0131. The van der Waals surface area contributed by atoms with E-state index in [-0.39, 0.29) is 18.9 Å². The van der Waals surface area contributed by atoms with E-state index in [9.17, 15) is 18.0 Å². The molecule has 3 aromatic carbocycles. The Labute approximate surface area is 198 Å². The minimum atomic E-state index is -0.809. The van der Waals surface area contributed by atoms with Crippen LogP contribution >= 0.6 is 11.6 Å². The molecule has 1 amide bonds. The largest absolute Gasteiger partial charge is 0.486 e. The summed E-state index contributed by atoms with van der Waals surface area (Å²) in [5.74, 6) is -2.15. The maximum absolute atomic E-state index is 14.1. The van der Waals surface area contributed by atoms with Gasteiger partial charge in [-0.3, -0.25) is 9.48 Å². The lowest BCUT2D eigenvalue weighted by atomic mass is 10.1. The molecule has 0 saturated carbocycles. The summed E-state index contributed by atoms with van der Waals surface area (Å²) in [5, 5.41) is 7.33. The first-order valence-corrected chi connectivity index (χ1v) is 10.6. The lowest BCUT2D eigenvalue weighted by molar-refractivity contribution is 0.102. The highest BCUT2D eigenvalue weighted by molar-refractivity contribution is 6.31. The Kier molecular flexibility index (Phi) is 6.88. The first kappa shape index (κ1) is 23.4. The Morgan fingerprint density at radius 1 is 1.03 bits per heavy atom. The van der Waals surface area contributed by atoms with Crippen molar-refractivity contribution < 1.29 is 22.7 Å². The molecule has 0 radical (unpaired) electrons. The van der Waals surface area contributed by atoms with E-state index in [2.05, 4.69) is 10.4 Å². The monoisotopic (exact) mass is 485 g/mol. The van der Waals surface area contributed by atoms with E-state index in [1.165, 1.54) is 18.2 Å². The smallest absolute Gasteiger partial charge is 0.256 e. The molecular weight excluding hydrogens is 467 g/mol. The number of anilines is 1. The van der Waals surface area contributed by atoms with Crippen molar-refractivity contribution in [1.29, 1.82) is 0 Å². The van der Waals surface area contributed by atoms with Gasteiger partial charge < -0.3 is 10.1 Å². The summed E-state index contributed by atoms with van der Waals surface area (Å²) in [5.41, 5.74) is 1.97. The molecule has 0 fully saturated rings. The van der Waals surface area contributed by atoms with Crippen molar-refractivity contribution in [3.63, 3.8) is 0 Å². The molecule has 1 aromatic heterocycles. The third kappa shape index (κ3) is 5.40. The molecule has 5 nitrogen and oxygen atoms in total. The van der Waals surface area contributed by atoms with Crippen molar-refractivity contribution in [3.8, 4) is 5.75 Å². The van der Waals surface area contributed by atoms with Crippen LogP contribution in [0.15, 0.2) is 66.7 Å².